The summed E-state index contributed by atoms with van der Waals surface area (Å²) in [6.07, 6.45) is 2.39. The summed E-state index contributed by atoms with van der Waals surface area (Å²) in [6.45, 7) is 0.109. The van der Waals surface area contributed by atoms with E-state index in [-0.39, 0.29) is 6.61 Å². The fraction of sp³-hybridized carbons (Fsp3) is 0.429. The molecule has 1 aromatic carbocycles. The molecule has 0 saturated heterocycles. The van der Waals surface area contributed by atoms with Gasteiger partial charge in [-0.25, -0.2) is 9.59 Å². The van der Waals surface area contributed by atoms with Gasteiger partial charge in [0.25, 0.3) is 0 Å². The highest BCUT2D eigenvalue weighted by Crippen LogP contribution is 2.25. The fourth-order valence-corrected chi connectivity index (χ4v) is 2.77. The van der Waals surface area contributed by atoms with Crippen molar-refractivity contribution in [1.82, 2.24) is 5.32 Å². The number of esters is 1. The Morgan fingerprint density at radius 2 is 2.18 bits per heavy atom. The van der Waals surface area contributed by atoms with E-state index in [9.17, 15) is 9.59 Å². The third-order valence-corrected chi connectivity index (χ3v) is 4.07. The number of nitrogens with two attached hydrogens (primary N) is 1. The highest BCUT2D eigenvalue weighted by Gasteiger charge is 2.21. The molecular formula is C14H19BrN2O4S. The maximum Gasteiger partial charge on any atom is 0.329 e. The minimum absolute atomic E-state index is 0.109. The van der Waals surface area contributed by atoms with Crippen molar-refractivity contribution in [3.05, 3.63) is 28.2 Å². The highest BCUT2D eigenvalue weighted by atomic mass is 79.9. The smallest absolute Gasteiger partial charge is 0.329 e. The first-order valence-electron chi connectivity index (χ1n) is 6.52. The average molecular weight is 391 g/mol. The van der Waals surface area contributed by atoms with E-state index in [1.165, 1.54) is 0 Å². The largest absolute Gasteiger partial charge is 0.496 e. The third kappa shape index (κ3) is 6.15. The number of methoxy groups -OCH3 is 1. The van der Waals surface area contributed by atoms with E-state index in [4.69, 9.17) is 15.2 Å². The van der Waals surface area contributed by atoms with Gasteiger partial charge in [-0.3, -0.25) is 0 Å². The number of ether oxygens (including phenoxy) is 2. The zero-order valence-electron chi connectivity index (χ0n) is 12.4. The lowest BCUT2D eigenvalue weighted by atomic mass is 10.2. The number of amides is 2. The van der Waals surface area contributed by atoms with E-state index in [2.05, 4.69) is 21.2 Å². The van der Waals surface area contributed by atoms with Crippen molar-refractivity contribution in [3.8, 4) is 5.75 Å². The van der Waals surface area contributed by atoms with Crippen molar-refractivity contribution in [1.29, 1.82) is 0 Å². The molecule has 0 spiro atoms. The molecule has 1 rings (SSSR count). The second kappa shape index (κ2) is 9.58. The quantitative estimate of drug-likeness (QED) is 0.664. The minimum Gasteiger partial charge on any atom is -0.496 e. The molecule has 0 fully saturated rings. The molecule has 0 aromatic heterocycles. The van der Waals surface area contributed by atoms with Crippen LogP contribution in [0.25, 0.3) is 0 Å². The van der Waals surface area contributed by atoms with Crippen LogP contribution in [0, 0.1) is 0 Å². The van der Waals surface area contributed by atoms with Gasteiger partial charge in [0, 0.05) is 0 Å². The van der Waals surface area contributed by atoms with E-state index in [1.807, 2.05) is 12.3 Å². The van der Waals surface area contributed by atoms with Gasteiger partial charge in [-0.1, -0.05) is 6.07 Å². The number of thioether (sulfide) groups is 1. The zero-order valence-corrected chi connectivity index (χ0v) is 14.8. The Hall–Kier alpha value is -1.41. The van der Waals surface area contributed by atoms with Crippen LogP contribution >= 0.6 is 27.7 Å². The molecule has 0 bridgehead atoms. The van der Waals surface area contributed by atoms with Crippen LogP contribution in [0.1, 0.15) is 12.0 Å². The number of rotatable bonds is 8. The molecule has 0 heterocycles. The van der Waals surface area contributed by atoms with Gasteiger partial charge in [0.2, 0.25) is 0 Å². The van der Waals surface area contributed by atoms with Crippen molar-refractivity contribution >= 4 is 39.7 Å². The topological polar surface area (TPSA) is 90.7 Å². The minimum atomic E-state index is -0.741. The Morgan fingerprint density at radius 1 is 1.45 bits per heavy atom. The van der Waals surface area contributed by atoms with Crippen LogP contribution in [0.3, 0.4) is 0 Å². The number of primary amides is 1. The highest BCUT2D eigenvalue weighted by molar-refractivity contribution is 9.10. The first-order valence-corrected chi connectivity index (χ1v) is 8.70. The van der Waals surface area contributed by atoms with Crippen LogP contribution in [0.5, 0.6) is 5.75 Å². The summed E-state index contributed by atoms with van der Waals surface area (Å²) in [5.41, 5.74) is 5.89. The molecule has 0 unspecified atom stereocenters. The normalized spacial score (nSPS) is 11.6. The number of benzene rings is 1. The average Bonchev–Trinajstić information content (AvgIpc) is 2.48. The second-order valence-corrected chi connectivity index (χ2v) is 6.26. The molecule has 1 atom stereocenters. The first-order chi connectivity index (χ1) is 10.5. The van der Waals surface area contributed by atoms with E-state index >= 15 is 0 Å². The third-order valence-electron chi connectivity index (χ3n) is 2.81. The van der Waals surface area contributed by atoms with Crippen LogP contribution in [-0.4, -0.2) is 37.2 Å². The molecule has 2 amide bonds. The van der Waals surface area contributed by atoms with Gasteiger partial charge in [-0.15, -0.1) is 0 Å². The molecule has 0 aliphatic heterocycles. The lowest BCUT2D eigenvalue weighted by Crippen LogP contribution is -2.44. The summed E-state index contributed by atoms with van der Waals surface area (Å²) in [5, 5.41) is 2.40. The molecule has 0 aliphatic rings. The van der Waals surface area contributed by atoms with Crippen LogP contribution < -0.4 is 15.8 Å². The number of urea groups is 1. The van der Waals surface area contributed by atoms with Crippen LogP contribution in [0.4, 0.5) is 4.79 Å². The molecule has 8 heteroatoms. The van der Waals surface area contributed by atoms with Crippen LogP contribution in [-0.2, 0) is 16.1 Å². The van der Waals surface area contributed by atoms with E-state index in [0.717, 1.165) is 10.0 Å². The summed E-state index contributed by atoms with van der Waals surface area (Å²) in [6, 6.07) is 3.92. The summed E-state index contributed by atoms with van der Waals surface area (Å²) in [4.78, 5) is 23.0. The summed E-state index contributed by atoms with van der Waals surface area (Å²) in [7, 11) is 1.58. The van der Waals surface area contributed by atoms with Crippen molar-refractivity contribution in [3.63, 3.8) is 0 Å². The predicted molar refractivity (Wildman–Crippen MR) is 90.0 cm³/mol. The maximum atomic E-state index is 12.0. The lowest BCUT2D eigenvalue weighted by molar-refractivity contribution is -0.147. The van der Waals surface area contributed by atoms with Crippen LogP contribution in [0.2, 0.25) is 0 Å². The Morgan fingerprint density at radius 3 is 2.73 bits per heavy atom. The number of hydrogen-bond donors (Lipinski definition) is 2. The number of hydrogen-bond acceptors (Lipinski definition) is 5. The van der Waals surface area contributed by atoms with Crippen molar-refractivity contribution in [2.45, 2.75) is 19.1 Å². The lowest BCUT2D eigenvalue weighted by Gasteiger charge is -2.16. The monoisotopic (exact) mass is 390 g/mol. The van der Waals surface area contributed by atoms with Crippen LogP contribution in [0.15, 0.2) is 22.7 Å². The van der Waals surface area contributed by atoms with Gasteiger partial charge >= 0.3 is 12.0 Å². The Balaban J connectivity index is 2.61. The van der Waals surface area contributed by atoms with Gasteiger partial charge in [0.1, 0.15) is 18.4 Å². The molecule has 6 nitrogen and oxygen atoms in total. The number of halogens is 1. The SMILES string of the molecule is COc1ccc(COC(=O)[C@H](CCSC)NC(N)=O)cc1Br. The fourth-order valence-electron chi connectivity index (χ4n) is 1.71. The van der Waals surface area contributed by atoms with E-state index in [0.29, 0.717) is 17.9 Å². The standard InChI is InChI=1S/C14H19BrN2O4S/c1-20-12-4-3-9(7-10(12)15)8-21-13(18)11(5-6-22-2)17-14(16)19/h3-4,7,11H,5-6,8H2,1-2H3,(H3,16,17,19)/t11-/m0/s1. The van der Waals surface area contributed by atoms with Gasteiger partial charge in [-0.05, 0) is 52.1 Å². The van der Waals surface area contributed by atoms with E-state index in [1.54, 1.807) is 31.0 Å². The number of carbonyl (C=O) groups is 2. The maximum absolute atomic E-state index is 12.0. The van der Waals surface area contributed by atoms with Crippen molar-refractivity contribution < 1.29 is 19.1 Å². The summed E-state index contributed by atoms with van der Waals surface area (Å²) in [5.74, 6) is 0.914. The Labute approximate surface area is 142 Å². The van der Waals surface area contributed by atoms with Crippen molar-refractivity contribution in [2.24, 2.45) is 5.73 Å². The molecule has 122 valence electrons. The molecule has 3 N–H and O–H groups in total. The second-order valence-electron chi connectivity index (χ2n) is 4.42. The van der Waals surface area contributed by atoms with Gasteiger partial charge in [0.15, 0.2) is 0 Å². The van der Waals surface area contributed by atoms with Gasteiger partial charge < -0.3 is 20.5 Å². The first kappa shape index (κ1) is 18.6. The van der Waals surface area contributed by atoms with E-state index < -0.39 is 18.0 Å². The molecular weight excluding hydrogens is 372 g/mol. The molecule has 0 saturated carbocycles. The van der Waals surface area contributed by atoms with Crippen molar-refractivity contribution in [2.75, 3.05) is 19.1 Å². The Bertz CT molecular complexity index is 528. The molecule has 1 aromatic rings. The molecule has 0 radical (unpaired) electrons. The number of nitrogens with one attached hydrogen (secondary N) is 1. The Kier molecular flexibility index (Phi) is 8.11. The number of carbonyl (C=O) groups excluding carboxylic acids is 2. The summed E-state index contributed by atoms with van der Waals surface area (Å²) < 4.78 is 11.1. The zero-order chi connectivity index (χ0) is 16.5. The predicted octanol–water partition coefficient (Wildman–Crippen LogP) is 2.29. The molecule has 22 heavy (non-hydrogen) atoms. The van der Waals surface area contributed by atoms with Gasteiger partial charge in [0.05, 0.1) is 11.6 Å². The molecule has 0 aliphatic carbocycles. The van der Waals surface area contributed by atoms with Gasteiger partial charge in [-0.2, -0.15) is 11.8 Å². The summed E-state index contributed by atoms with van der Waals surface area (Å²) >= 11 is 4.94.